The van der Waals surface area contributed by atoms with Crippen LogP contribution in [-0.4, -0.2) is 120 Å². The van der Waals surface area contributed by atoms with Crippen molar-refractivity contribution >= 4 is 35.1 Å². The molecule has 0 saturated carbocycles. The van der Waals surface area contributed by atoms with Crippen molar-refractivity contribution in [3.8, 4) is 46.7 Å². The fraction of sp³-hybridized carbons (Fsp3) is 0.419. The number of phenols is 1. The van der Waals surface area contributed by atoms with Gasteiger partial charge >= 0.3 is 11.9 Å². The number of hydrogen-bond donors (Lipinski definition) is 5. The lowest BCUT2D eigenvalue weighted by molar-refractivity contribution is -0.329. The molecular weight excluding hydrogens is 802 g/mol. The predicted octanol–water partition coefficient (Wildman–Crippen LogP) is 2.68. The predicted molar refractivity (Wildman–Crippen MR) is 214 cm³/mol. The van der Waals surface area contributed by atoms with E-state index in [1.807, 2.05) is 0 Å². The summed E-state index contributed by atoms with van der Waals surface area (Å²) in [4.78, 5) is 41.7. The Hall–Kier alpha value is -5.56. The van der Waals surface area contributed by atoms with Gasteiger partial charge in [-0.2, -0.15) is 0 Å². The largest absolute Gasteiger partial charge is 0.504 e. The fourth-order valence-corrected chi connectivity index (χ4v) is 8.00. The van der Waals surface area contributed by atoms with Crippen molar-refractivity contribution in [1.82, 2.24) is 4.90 Å². The summed E-state index contributed by atoms with van der Waals surface area (Å²) in [6.45, 7) is 4.49. The van der Waals surface area contributed by atoms with Gasteiger partial charge in [-0.05, 0) is 76.7 Å². The number of methoxy groups -OCH3 is 1. The summed E-state index contributed by atoms with van der Waals surface area (Å²) in [5, 5.41) is 36.7. The molecule has 4 aliphatic heterocycles. The first-order valence-electron chi connectivity index (χ1n) is 18.9. The number of nitrogens with two attached hydrogens (primary N) is 1. The number of allylic oxidation sites excluding steroid dienone is 3. The second-order valence-corrected chi connectivity index (χ2v) is 15.9. The number of ether oxygens (including phenoxy) is 7. The summed E-state index contributed by atoms with van der Waals surface area (Å²) < 4.78 is 42.2. The third-order valence-electron chi connectivity index (χ3n) is 10.7. The van der Waals surface area contributed by atoms with Crippen LogP contribution in [0.25, 0.3) is 0 Å². The van der Waals surface area contributed by atoms with Gasteiger partial charge < -0.3 is 64.4 Å². The first kappa shape index (κ1) is 42.6. The molecule has 0 spiro atoms. The highest BCUT2D eigenvalue weighted by molar-refractivity contribution is 6.32. The molecule has 16 nitrogen and oxygen atoms in total. The smallest absolute Gasteiger partial charge is 0.341 e. The summed E-state index contributed by atoms with van der Waals surface area (Å²) in [6.07, 6.45) is -2.24. The van der Waals surface area contributed by atoms with Crippen LogP contribution in [0.1, 0.15) is 49.2 Å². The Morgan fingerprint density at radius 1 is 1.10 bits per heavy atom. The topological polar surface area (TPSA) is 218 Å². The van der Waals surface area contributed by atoms with E-state index in [1.54, 1.807) is 58.0 Å². The summed E-state index contributed by atoms with van der Waals surface area (Å²) >= 11 is 6.70. The normalized spacial score (nSPS) is 30.2. The zero-order valence-corrected chi connectivity index (χ0v) is 34.2. The molecule has 6 N–H and O–H groups in total. The SMILES string of the molecule is COc1cc2c(c(C(=O)OC3COC(=O)CC(N)c4cc(O)c(c(Cl)c4)OC4C#CC=C3C#CC3=CC=CC34O[C@@H]3OC(C)(C)[C@@H](N(C)C)C(O)C3O)c1)NC(=O)C(C)O2. The molecule has 1 amide bonds. The number of rotatable bonds is 6. The number of halogens is 1. The molecule has 8 rings (SSSR count). The van der Waals surface area contributed by atoms with E-state index in [2.05, 4.69) is 29.0 Å². The molecule has 7 unspecified atom stereocenters. The molecule has 6 aliphatic rings. The van der Waals surface area contributed by atoms with Gasteiger partial charge in [0.1, 0.15) is 30.3 Å². The average molecular weight is 846 g/mol. The molecule has 0 aromatic heterocycles. The first-order chi connectivity index (χ1) is 28.4. The molecule has 4 bridgehead atoms. The molecule has 17 heteroatoms. The molecule has 2 aromatic rings. The maximum Gasteiger partial charge on any atom is 0.341 e. The Kier molecular flexibility index (Phi) is 11.7. The Morgan fingerprint density at radius 3 is 2.58 bits per heavy atom. The van der Waals surface area contributed by atoms with Gasteiger partial charge in [-0.1, -0.05) is 35.4 Å². The molecule has 0 radical (unpaired) electrons. The number of fused-ring (bicyclic) bond motifs is 9. The number of benzene rings is 2. The number of hydrogen-bond acceptors (Lipinski definition) is 15. The highest BCUT2D eigenvalue weighted by Gasteiger charge is 2.55. The molecule has 60 heavy (non-hydrogen) atoms. The number of carbonyl (C=O) groups excluding carboxylic acids is 3. The van der Waals surface area contributed by atoms with Gasteiger partial charge in [0.15, 0.2) is 41.7 Å². The summed E-state index contributed by atoms with van der Waals surface area (Å²) in [6, 6.07) is 3.94. The van der Waals surface area contributed by atoms with E-state index in [9.17, 15) is 29.7 Å². The number of aliphatic hydroxyl groups excluding tert-OH is 2. The van der Waals surface area contributed by atoms with Crippen molar-refractivity contribution in [1.29, 1.82) is 0 Å². The quantitative estimate of drug-likeness (QED) is 0.209. The Bertz CT molecular complexity index is 2310. The van der Waals surface area contributed by atoms with Crippen molar-refractivity contribution in [2.45, 2.75) is 87.3 Å². The summed E-state index contributed by atoms with van der Waals surface area (Å²) in [5.74, 6) is 9.47. The minimum absolute atomic E-state index is 0.0448. The number of aromatic hydroxyl groups is 1. The van der Waals surface area contributed by atoms with Crippen molar-refractivity contribution in [3.05, 3.63) is 75.9 Å². The molecule has 2 aromatic carbocycles. The number of anilines is 1. The lowest BCUT2D eigenvalue weighted by Crippen LogP contribution is -2.68. The van der Waals surface area contributed by atoms with Crippen LogP contribution in [0.2, 0.25) is 5.02 Å². The van der Waals surface area contributed by atoms with Gasteiger partial charge in [-0.3, -0.25) is 9.59 Å². The number of nitrogens with one attached hydrogen (secondary N) is 1. The zero-order chi connectivity index (χ0) is 43.3. The minimum Gasteiger partial charge on any atom is -0.504 e. The van der Waals surface area contributed by atoms with Crippen LogP contribution < -0.4 is 25.3 Å². The third kappa shape index (κ3) is 8.03. The van der Waals surface area contributed by atoms with Crippen LogP contribution in [0.4, 0.5) is 5.69 Å². The number of aliphatic hydroxyl groups is 2. The van der Waals surface area contributed by atoms with Crippen molar-refractivity contribution in [2.24, 2.45) is 5.73 Å². The van der Waals surface area contributed by atoms with E-state index in [4.69, 9.17) is 50.5 Å². The average Bonchev–Trinajstić information content (AvgIpc) is 3.60. The number of nitrogens with zero attached hydrogens (tertiary/aromatic N) is 1. The van der Waals surface area contributed by atoms with Crippen LogP contribution in [0.3, 0.4) is 0 Å². The van der Waals surface area contributed by atoms with E-state index in [1.165, 1.54) is 37.5 Å². The number of phenolic OH excluding ortho intramolecular Hbond substituents is 1. The van der Waals surface area contributed by atoms with E-state index in [0.717, 1.165) is 0 Å². The van der Waals surface area contributed by atoms with E-state index in [-0.39, 0.29) is 56.7 Å². The fourth-order valence-electron chi connectivity index (χ4n) is 7.73. The number of carbonyl (C=O) groups is 3. The van der Waals surface area contributed by atoms with Crippen LogP contribution in [0.15, 0.2) is 59.7 Å². The Labute approximate surface area is 350 Å². The second kappa shape index (κ2) is 16.5. The molecule has 1 saturated heterocycles. The molecule has 2 aliphatic carbocycles. The maximum absolute atomic E-state index is 14.1. The molecule has 4 heterocycles. The Balaban J connectivity index is 1.33. The molecule has 316 valence electrons. The monoisotopic (exact) mass is 845 g/mol. The van der Waals surface area contributed by atoms with Gasteiger partial charge in [0.25, 0.3) is 5.91 Å². The van der Waals surface area contributed by atoms with Gasteiger partial charge in [-0.15, -0.1) is 0 Å². The maximum atomic E-state index is 14.1. The molecular formula is C43H44ClN3O13. The van der Waals surface area contributed by atoms with Gasteiger partial charge in [0.05, 0.1) is 47.0 Å². The summed E-state index contributed by atoms with van der Waals surface area (Å²) in [7, 11) is 4.90. The van der Waals surface area contributed by atoms with Crippen LogP contribution in [0.5, 0.6) is 23.0 Å². The number of esters is 2. The van der Waals surface area contributed by atoms with E-state index >= 15 is 0 Å². The van der Waals surface area contributed by atoms with E-state index in [0.29, 0.717) is 0 Å². The Morgan fingerprint density at radius 2 is 1.87 bits per heavy atom. The molecule has 9 atom stereocenters. The zero-order valence-electron chi connectivity index (χ0n) is 33.5. The van der Waals surface area contributed by atoms with Crippen molar-refractivity contribution in [3.63, 3.8) is 0 Å². The highest BCUT2D eigenvalue weighted by atomic mass is 35.5. The van der Waals surface area contributed by atoms with Crippen LogP contribution in [-0.2, 0) is 28.5 Å². The standard InChI is InChI=1S/C43H44ClN3O13/c1-21-39(52)46-34-26(17-25(54-6)18-30(34)56-21)40(53)57-31-20-55-33(49)19-28(45)23-15-27(44)37(29(48)16-23)58-32-11-7-9-22(31)12-13-24-10-8-14-43(24,32)60-41-36(51)35(50)38(47(4)5)42(2,3)59-41/h8-10,14-18,21,28,31-32,35-36,38,41,48,50-51H,19-20,45H2,1-6H3,(H,46,52)/t21?,28?,31?,32?,35?,36?,38-,41-,43?/m0/s1. The molecule has 1 fully saturated rings. The van der Waals surface area contributed by atoms with Gasteiger partial charge in [0.2, 0.25) is 0 Å². The first-order valence-corrected chi connectivity index (χ1v) is 19.3. The lowest BCUT2D eigenvalue weighted by Gasteiger charge is -2.51. The minimum atomic E-state index is -1.79. The summed E-state index contributed by atoms with van der Waals surface area (Å²) in [5.41, 5.74) is 4.01. The highest BCUT2D eigenvalue weighted by Crippen LogP contribution is 2.44. The number of amides is 1. The van der Waals surface area contributed by atoms with Crippen molar-refractivity contribution in [2.75, 3.05) is 33.1 Å². The third-order valence-corrected chi connectivity index (χ3v) is 11.0. The van der Waals surface area contributed by atoms with Gasteiger partial charge in [-0.25, -0.2) is 4.79 Å². The lowest BCUT2D eigenvalue weighted by atomic mass is 9.85. The van der Waals surface area contributed by atoms with Crippen LogP contribution in [0, 0.1) is 23.7 Å². The van der Waals surface area contributed by atoms with Crippen molar-refractivity contribution < 1.29 is 62.9 Å². The second-order valence-electron chi connectivity index (χ2n) is 15.5. The van der Waals surface area contributed by atoms with Gasteiger partial charge in [0, 0.05) is 23.8 Å². The number of likely N-dealkylation sites (N-methyl/N-ethyl adjacent to an activating group) is 1. The van der Waals surface area contributed by atoms with E-state index < -0.39 is 90.3 Å². The van der Waals surface area contributed by atoms with Crippen LogP contribution >= 0.6 is 11.6 Å².